The van der Waals surface area contributed by atoms with Gasteiger partial charge in [-0.3, -0.25) is 9.59 Å². The zero-order valence-corrected chi connectivity index (χ0v) is 18.1. The zero-order chi connectivity index (χ0) is 20.9. The third-order valence-corrected chi connectivity index (χ3v) is 5.90. The highest BCUT2D eigenvalue weighted by atomic mass is 79.9. The molecule has 1 fully saturated rings. The number of benzene rings is 3. The number of carbonyl (C=O) groups excluding carboxylic acids is 2. The Hall–Kier alpha value is -2.92. The maximum absolute atomic E-state index is 12.8. The van der Waals surface area contributed by atoms with Crippen molar-refractivity contribution in [3.05, 3.63) is 94.5 Å². The summed E-state index contributed by atoms with van der Waals surface area (Å²) in [6.45, 7) is 1.43. The number of halogens is 1. The highest BCUT2D eigenvalue weighted by Gasteiger charge is 2.34. The quantitative estimate of drug-likeness (QED) is 0.572. The number of likely N-dealkylation sites (tertiary alicyclic amines) is 1. The Labute approximate surface area is 185 Å². The zero-order valence-electron chi connectivity index (χ0n) is 16.6. The number of hydrogen-bond acceptors (Lipinski definition) is 2. The summed E-state index contributed by atoms with van der Waals surface area (Å²) in [5.74, 6) is -0.351. The van der Waals surface area contributed by atoms with Crippen LogP contribution in [0.5, 0.6) is 0 Å². The molecular weight excluding hydrogens is 440 g/mol. The third kappa shape index (κ3) is 4.79. The van der Waals surface area contributed by atoms with Crippen LogP contribution in [-0.4, -0.2) is 23.3 Å². The number of nitrogens with zero attached hydrogens (tertiary/aromatic N) is 1. The Morgan fingerprint density at radius 1 is 1.00 bits per heavy atom. The van der Waals surface area contributed by atoms with E-state index in [4.69, 9.17) is 0 Å². The molecule has 1 atom stereocenters. The Morgan fingerprint density at radius 3 is 2.57 bits per heavy atom. The van der Waals surface area contributed by atoms with Gasteiger partial charge in [-0.2, -0.15) is 0 Å². The van der Waals surface area contributed by atoms with E-state index in [0.29, 0.717) is 19.6 Å². The van der Waals surface area contributed by atoms with Crippen LogP contribution >= 0.6 is 15.9 Å². The van der Waals surface area contributed by atoms with Gasteiger partial charge in [-0.05, 0) is 34.4 Å². The minimum atomic E-state index is -0.312. The summed E-state index contributed by atoms with van der Waals surface area (Å²) in [4.78, 5) is 27.0. The Morgan fingerprint density at radius 2 is 1.77 bits per heavy atom. The molecule has 0 aromatic heterocycles. The molecule has 2 amide bonds. The SMILES string of the molecule is O=C(NCc1ccccc1-c1ccccc1)C1CC(=O)N(Cc2cccc(Br)c2)C1. The van der Waals surface area contributed by atoms with Crippen molar-refractivity contribution in [3.63, 3.8) is 0 Å². The summed E-state index contributed by atoms with van der Waals surface area (Å²) in [7, 11) is 0. The van der Waals surface area contributed by atoms with Crippen molar-refractivity contribution in [3.8, 4) is 11.1 Å². The lowest BCUT2D eigenvalue weighted by atomic mass is 9.99. The van der Waals surface area contributed by atoms with Crippen LogP contribution in [0, 0.1) is 5.92 Å². The van der Waals surface area contributed by atoms with E-state index in [2.05, 4.69) is 39.4 Å². The van der Waals surface area contributed by atoms with Gasteiger partial charge in [0.1, 0.15) is 0 Å². The normalized spacial score (nSPS) is 16.0. The summed E-state index contributed by atoms with van der Waals surface area (Å²) in [6, 6.07) is 26.1. The first-order chi connectivity index (χ1) is 14.6. The second-order valence-corrected chi connectivity index (χ2v) is 8.46. The molecule has 1 unspecified atom stereocenters. The predicted molar refractivity (Wildman–Crippen MR) is 121 cm³/mol. The van der Waals surface area contributed by atoms with Crippen LogP contribution in [-0.2, 0) is 22.7 Å². The molecule has 1 saturated heterocycles. The van der Waals surface area contributed by atoms with Crippen LogP contribution in [0.2, 0.25) is 0 Å². The minimum absolute atomic E-state index is 0.0276. The smallest absolute Gasteiger partial charge is 0.225 e. The summed E-state index contributed by atoms with van der Waals surface area (Å²) < 4.78 is 0.984. The second kappa shape index (κ2) is 9.26. The van der Waals surface area contributed by atoms with Crippen LogP contribution in [0.1, 0.15) is 17.5 Å². The molecular formula is C25H23BrN2O2. The lowest BCUT2D eigenvalue weighted by molar-refractivity contribution is -0.129. The number of hydrogen-bond donors (Lipinski definition) is 1. The van der Waals surface area contributed by atoms with Crippen LogP contribution < -0.4 is 5.32 Å². The van der Waals surface area contributed by atoms with Gasteiger partial charge in [-0.15, -0.1) is 0 Å². The van der Waals surface area contributed by atoms with Gasteiger partial charge in [0.15, 0.2) is 0 Å². The van der Waals surface area contributed by atoms with Gasteiger partial charge in [0, 0.05) is 30.5 Å². The molecule has 0 bridgehead atoms. The molecule has 0 radical (unpaired) electrons. The highest BCUT2D eigenvalue weighted by Crippen LogP contribution is 2.25. The molecule has 0 saturated carbocycles. The first-order valence-electron chi connectivity index (χ1n) is 10.0. The fourth-order valence-electron chi connectivity index (χ4n) is 3.86. The molecule has 3 aromatic carbocycles. The molecule has 30 heavy (non-hydrogen) atoms. The highest BCUT2D eigenvalue weighted by molar-refractivity contribution is 9.10. The molecule has 5 heteroatoms. The molecule has 3 aromatic rings. The first kappa shape index (κ1) is 20.4. The topological polar surface area (TPSA) is 49.4 Å². The molecule has 0 spiro atoms. The Balaban J connectivity index is 1.38. The largest absolute Gasteiger partial charge is 0.352 e. The lowest BCUT2D eigenvalue weighted by Crippen LogP contribution is -2.32. The number of rotatable bonds is 6. The van der Waals surface area contributed by atoms with Gasteiger partial charge in [-0.1, -0.05) is 82.7 Å². The van der Waals surface area contributed by atoms with E-state index in [1.807, 2.05) is 60.7 Å². The van der Waals surface area contributed by atoms with Gasteiger partial charge in [0.05, 0.1) is 5.92 Å². The molecule has 1 N–H and O–H groups in total. The summed E-state index contributed by atoms with van der Waals surface area (Å²) in [6.07, 6.45) is 0.264. The monoisotopic (exact) mass is 462 g/mol. The van der Waals surface area contributed by atoms with Crippen LogP contribution in [0.3, 0.4) is 0 Å². The molecule has 1 aliphatic heterocycles. The van der Waals surface area contributed by atoms with E-state index in [0.717, 1.165) is 26.7 Å². The van der Waals surface area contributed by atoms with Crippen molar-refractivity contribution in [1.82, 2.24) is 10.2 Å². The molecule has 1 aliphatic rings. The van der Waals surface area contributed by atoms with E-state index in [1.54, 1.807) is 4.90 Å². The van der Waals surface area contributed by atoms with Crippen molar-refractivity contribution in [2.75, 3.05) is 6.54 Å². The average molecular weight is 463 g/mol. The van der Waals surface area contributed by atoms with Crippen molar-refractivity contribution >= 4 is 27.7 Å². The number of carbonyl (C=O) groups is 2. The molecule has 4 rings (SSSR count). The minimum Gasteiger partial charge on any atom is -0.352 e. The van der Waals surface area contributed by atoms with Gasteiger partial charge < -0.3 is 10.2 Å². The third-order valence-electron chi connectivity index (χ3n) is 5.40. The van der Waals surface area contributed by atoms with E-state index in [9.17, 15) is 9.59 Å². The van der Waals surface area contributed by atoms with Crippen LogP contribution in [0.25, 0.3) is 11.1 Å². The fraction of sp³-hybridized carbons (Fsp3) is 0.200. The van der Waals surface area contributed by atoms with Crippen molar-refractivity contribution < 1.29 is 9.59 Å². The van der Waals surface area contributed by atoms with Gasteiger partial charge in [0.25, 0.3) is 0 Å². The van der Waals surface area contributed by atoms with E-state index in [1.165, 1.54) is 0 Å². The standard InChI is InChI=1S/C25H23BrN2O2/c26-22-11-6-7-18(13-22)16-28-17-21(14-24(28)29)25(30)27-15-20-10-4-5-12-23(20)19-8-2-1-3-9-19/h1-13,21H,14-17H2,(H,27,30). The number of nitrogens with one attached hydrogen (secondary N) is 1. The van der Waals surface area contributed by atoms with Gasteiger partial charge in [-0.25, -0.2) is 0 Å². The molecule has 1 heterocycles. The van der Waals surface area contributed by atoms with E-state index >= 15 is 0 Å². The van der Waals surface area contributed by atoms with Crippen molar-refractivity contribution in [2.45, 2.75) is 19.5 Å². The predicted octanol–water partition coefficient (Wildman–Crippen LogP) is 4.78. The summed E-state index contributed by atoms with van der Waals surface area (Å²) in [5, 5.41) is 3.04. The van der Waals surface area contributed by atoms with Crippen LogP contribution in [0.15, 0.2) is 83.3 Å². The fourth-order valence-corrected chi connectivity index (χ4v) is 4.30. The lowest BCUT2D eigenvalue weighted by Gasteiger charge is -2.17. The molecule has 4 nitrogen and oxygen atoms in total. The Bertz CT molecular complexity index is 1050. The van der Waals surface area contributed by atoms with Crippen LogP contribution in [0.4, 0.5) is 0 Å². The number of amides is 2. The van der Waals surface area contributed by atoms with Gasteiger partial charge >= 0.3 is 0 Å². The first-order valence-corrected chi connectivity index (χ1v) is 10.8. The summed E-state index contributed by atoms with van der Waals surface area (Å²) in [5.41, 5.74) is 4.35. The van der Waals surface area contributed by atoms with Crippen molar-refractivity contribution in [2.24, 2.45) is 5.92 Å². The van der Waals surface area contributed by atoms with E-state index in [-0.39, 0.29) is 24.2 Å². The molecule has 152 valence electrons. The van der Waals surface area contributed by atoms with E-state index < -0.39 is 0 Å². The second-order valence-electron chi connectivity index (χ2n) is 7.55. The average Bonchev–Trinajstić information content (AvgIpc) is 3.13. The Kier molecular flexibility index (Phi) is 6.29. The summed E-state index contributed by atoms with van der Waals surface area (Å²) >= 11 is 3.46. The van der Waals surface area contributed by atoms with Crippen molar-refractivity contribution in [1.29, 1.82) is 0 Å². The molecule has 0 aliphatic carbocycles. The maximum Gasteiger partial charge on any atom is 0.225 e. The maximum atomic E-state index is 12.8. The van der Waals surface area contributed by atoms with Gasteiger partial charge in [0.2, 0.25) is 11.8 Å².